The van der Waals surface area contributed by atoms with Crippen molar-refractivity contribution in [2.75, 3.05) is 6.54 Å². The highest BCUT2D eigenvalue weighted by molar-refractivity contribution is 5.86. The van der Waals surface area contributed by atoms with Crippen molar-refractivity contribution in [2.24, 2.45) is 5.73 Å². The van der Waals surface area contributed by atoms with E-state index in [2.05, 4.69) is 44.4 Å². The van der Waals surface area contributed by atoms with Crippen molar-refractivity contribution >= 4 is 21.8 Å². The fraction of sp³-hybridized carbons (Fsp3) is 0.125. The summed E-state index contributed by atoms with van der Waals surface area (Å²) < 4.78 is 6.33. The molecule has 5 rings (SSSR count). The van der Waals surface area contributed by atoms with E-state index in [0.717, 1.165) is 44.2 Å². The summed E-state index contributed by atoms with van der Waals surface area (Å²) in [7, 11) is 0. The molecule has 0 aliphatic rings. The number of aromatic amines is 2. The van der Waals surface area contributed by atoms with E-state index in [9.17, 15) is 0 Å². The summed E-state index contributed by atoms with van der Waals surface area (Å²) in [5.74, 6) is 0.691. The van der Waals surface area contributed by atoms with Crippen molar-refractivity contribution in [3.05, 3.63) is 84.8 Å². The van der Waals surface area contributed by atoms with Crippen molar-refractivity contribution in [1.29, 1.82) is 0 Å². The molecule has 4 N–H and O–H groups in total. The third-order valence-electron chi connectivity index (χ3n) is 5.34. The van der Waals surface area contributed by atoms with Gasteiger partial charge in [0.05, 0.1) is 17.4 Å². The van der Waals surface area contributed by atoms with E-state index < -0.39 is 0 Å². The quantitative estimate of drug-likeness (QED) is 0.388. The van der Waals surface area contributed by atoms with Gasteiger partial charge in [0, 0.05) is 46.2 Å². The number of nitrogens with zero attached hydrogens (tertiary/aromatic N) is 2. The van der Waals surface area contributed by atoms with Crippen LogP contribution in [0, 0.1) is 13.3 Å². The molecule has 1 atom stereocenters. The molecule has 6 heteroatoms. The van der Waals surface area contributed by atoms with Gasteiger partial charge < -0.3 is 15.5 Å². The molecule has 0 amide bonds. The van der Waals surface area contributed by atoms with E-state index in [1.165, 1.54) is 0 Å². The van der Waals surface area contributed by atoms with Gasteiger partial charge in [0.2, 0.25) is 0 Å². The number of benzene rings is 2. The van der Waals surface area contributed by atoms with E-state index in [1.807, 2.05) is 50.0 Å². The Labute approximate surface area is 174 Å². The Balaban J connectivity index is 1.48. The Kier molecular flexibility index (Phi) is 4.69. The molecule has 6 nitrogen and oxygen atoms in total. The normalized spacial score (nSPS) is 12.5. The van der Waals surface area contributed by atoms with Gasteiger partial charge in [-0.25, -0.2) is 0 Å². The van der Waals surface area contributed by atoms with Crippen LogP contribution in [0.4, 0.5) is 0 Å². The molecule has 5 aromatic rings. The molecule has 30 heavy (non-hydrogen) atoms. The highest BCUT2D eigenvalue weighted by Gasteiger charge is 2.18. The van der Waals surface area contributed by atoms with E-state index >= 15 is 0 Å². The molecule has 0 aliphatic heterocycles. The number of aromatic nitrogens is 4. The van der Waals surface area contributed by atoms with E-state index in [4.69, 9.17) is 10.5 Å². The van der Waals surface area contributed by atoms with Gasteiger partial charge in [0.25, 0.3) is 0 Å². The maximum Gasteiger partial charge on any atom is 0.139 e. The molecule has 149 valence electrons. The van der Waals surface area contributed by atoms with Gasteiger partial charge in [-0.05, 0) is 43.3 Å². The van der Waals surface area contributed by atoms with Gasteiger partial charge in [-0.2, -0.15) is 5.10 Å². The van der Waals surface area contributed by atoms with Crippen LogP contribution >= 0.6 is 0 Å². The lowest BCUT2D eigenvalue weighted by Crippen LogP contribution is -2.14. The van der Waals surface area contributed by atoms with E-state index in [0.29, 0.717) is 12.3 Å². The number of H-pyrrole nitrogens is 2. The fourth-order valence-electron chi connectivity index (χ4n) is 3.80. The lowest BCUT2D eigenvalue weighted by Gasteiger charge is -2.18. The van der Waals surface area contributed by atoms with Gasteiger partial charge in [0.15, 0.2) is 0 Å². The summed E-state index contributed by atoms with van der Waals surface area (Å²) in [6.07, 6.45) is 7.24. The molecule has 0 bridgehead atoms. The third kappa shape index (κ3) is 3.31. The van der Waals surface area contributed by atoms with Crippen LogP contribution in [-0.4, -0.2) is 26.7 Å². The van der Waals surface area contributed by atoms with Crippen LogP contribution in [0.3, 0.4) is 0 Å². The first-order chi connectivity index (χ1) is 14.7. The van der Waals surface area contributed by atoms with Crippen LogP contribution in [0.15, 0.2) is 67.1 Å². The molecular formula is C24H22N5O. The molecule has 0 saturated carbocycles. The van der Waals surface area contributed by atoms with Crippen LogP contribution in [0.2, 0.25) is 0 Å². The van der Waals surface area contributed by atoms with Crippen molar-refractivity contribution in [2.45, 2.75) is 13.0 Å². The van der Waals surface area contributed by atoms with Gasteiger partial charge >= 0.3 is 0 Å². The number of rotatable bonds is 6. The number of nitrogens with one attached hydrogen (secondary N) is 2. The molecule has 1 unspecified atom stereocenters. The zero-order chi connectivity index (χ0) is 20.5. The Bertz CT molecular complexity index is 1320. The van der Waals surface area contributed by atoms with Gasteiger partial charge in [-0.15, -0.1) is 0 Å². The Morgan fingerprint density at radius 3 is 2.83 bits per heavy atom. The number of aryl methyl sites for hydroxylation is 1. The van der Waals surface area contributed by atoms with Crippen LogP contribution in [0.25, 0.3) is 32.9 Å². The molecule has 0 saturated heterocycles. The second kappa shape index (κ2) is 7.65. The highest BCUT2D eigenvalue weighted by Crippen LogP contribution is 2.32. The summed E-state index contributed by atoms with van der Waals surface area (Å²) in [5, 5.41) is 9.54. The van der Waals surface area contributed by atoms with Gasteiger partial charge in [0.1, 0.15) is 11.9 Å². The number of ether oxygens (including phenoxy) is 1. The molecule has 1 radical (unpaired) electrons. The SMILES string of the molecule is Cc1n[nH]c2ccc(-c3cncc(OC([CH]CN)c4c[nH]c5ccccc45)c3)cc12. The van der Waals surface area contributed by atoms with Gasteiger partial charge in [-0.1, -0.05) is 24.3 Å². The minimum absolute atomic E-state index is 0.276. The summed E-state index contributed by atoms with van der Waals surface area (Å²) in [6.45, 7) is 2.41. The minimum Gasteiger partial charge on any atom is -0.484 e. The Morgan fingerprint density at radius 1 is 1.03 bits per heavy atom. The second-order valence-electron chi connectivity index (χ2n) is 7.28. The second-order valence-corrected chi connectivity index (χ2v) is 7.28. The number of hydrogen-bond acceptors (Lipinski definition) is 4. The smallest absolute Gasteiger partial charge is 0.139 e. The lowest BCUT2D eigenvalue weighted by molar-refractivity contribution is 0.238. The van der Waals surface area contributed by atoms with E-state index in [-0.39, 0.29) is 6.10 Å². The Morgan fingerprint density at radius 2 is 1.93 bits per heavy atom. The number of hydrogen-bond donors (Lipinski definition) is 3. The van der Waals surface area contributed by atoms with Crippen molar-refractivity contribution in [1.82, 2.24) is 20.2 Å². The maximum atomic E-state index is 6.33. The van der Waals surface area contributed by atoms with E-state index in [1.54, 1.807) is 6.20 Å². The standard InChI is InChI=1S/C24H22N5O/c1-15-20-11-16(6-7-23(20)29-28-15)17-10-18(13-26-12-17)30-24(8-9-25)21-14-27-22-5-3-2-4-19(21)22/h2-8,10-14,24,27H,9,25H2,1H3,(H,28,29). The largest absolute Gasteiger partial charge is 0.484 e. The number of para-hydroxylation sites is 1. The first-order valence-electron chi connectivity index (χ1n) is 9.89. The highest BCUT2D eigenvalue weighted by atomic mass is 16.5. The summed E-state index contributed by atoms with van der Waals surface area (Å²) in [4.78, 5) is 7.71. The van der Waals surface area contributed by atoms with Crippen molar-refractivity contribution in [3.63, 3.8) is 0 Å². The zero-order valence-electron chi connectivity index (χ0n) is 16.6. The lowest BCUT2D eigenvalue weighted by atomic mass is 10.0. The third-order valence-corrected chi connectivity index (χ3v) is 5.34. The van der Waals surface area contributed by atoms with Crippen molar-refractivity contribution < 1.29 is 4.74 Å². The summed E-state index contributed by atoms with van der Waals surface area (Å²) >= 11 is 0. The minimum atomic E-state index is -0.276. The molecule has 3 aromatic heterocycles. The number of pyridine rings is 1. The van der Waals surface area contributed by atoms with Gasteiger partial charge in [-0.3, -0.25) is 10.1 Å². The van der Waals surface area contributed by atoms with Crippen LogP contribution in [0.1, 0.15) is 17.4 Å². The van der Waals surface area contributed by atoms with Crippen LogP contribution in [0.5, 0.6) is 5.75 Å². The zero-order valence-corrected chi connectivity index (χ0v) is 16.6. The maximum absolute atomic E-state index is 6.33. The predicted octanol–water partition coefficient (Wildman–Crippen LogP) is 4.70. The topological polar surface area (TPSA) is 92.6 Å². The molecule has 0 fully saturated rings. The first-order valence-corrected chi connectivity index (χ1v) is 9.89. The monoisotopic (exact) mass is 396 g/mol. The Hall–Kier alpha value is -3.64. The first kappa shape index (κ1) is 18.4. The summed E-state index contributed by atoms with van der Waals surface area (Å²) in [5.41, 5.74) is 12.0. The van der Waals surface area contributed by atoms with Crippen LogP contribution in [-0.2, 0) is 0 Å². The number of fused-ring (bicyclic) bond motifs is 2. The fourth-order valence-corrected chi connectivity index (χ4v) is 3.80. The average molecular weight is 396 g/mol. The molecule has 0 aliphatic carbocycles. The molecule has 2 aromatic carbocycles. The molecule has 3 heterocycles. The summed E-state index contributed by atoms with van der Waals surface area (Å²) in [6, 6.07) is 16.4. The van der Waals surface area contributed by atoms with Crippen LogP contribution < -0.4 is 10.5 Å². The predicted molar refractivity (Wildman–Crippen MR) is 119 cm³/mol. The number of nitrogens with two attached hydrogens (primary N) is 1. The molecule has 0 spiro atoms. The molecular weight excluding hydrogens is 374 g/mol. The average Bonchev–Trinajstić information content (AvgIpc) is 3.37. The van der Waals surface area contributed by atoms with Crippen molar-refractivity contribution in [3.8, 4) is 16.9 Å².